The van der Waals surface area contributed by atoms with E-state index in [4.69, 9.17) is 16.8 Å². The maximum absolute atomic E-state index is 11.6. The molecule has 0 saturated heterocycles. The molecule has 8 rings (SSSR count). The van der Waals surface area contributed by atoms with Crippen molar-refractivity contribution in [3.8, 4) is 56.2 Å². The van der Waals surface area contributed by atoms with Crippen molar-refractivity contribution >= 4 is 39.3 Å². The van der Waals surface area contributed by atoms with Gasteiger partial charge >= 0.3 is 0 Å². The number of rotatable bonds is 8. The zero-order valence-corrected chi connectivity index (χ0v) is 27.5. The third-order valence-corrected chi connectivity index (χ3v) is 9.01. The van der Waals surface area contributed by atoms with E-state index in [2.05, 4.69) is 53.8 Å². The minimum Gasteiger partial charge on any atom is -0.386 e. The second kappa shape index (κ2) is 13.1. The monoisotopic (exact) mass is 651 g/mol. The molecule has 8 aromatic rings. The molecule has 0 saturated carbocycles. The molecule has 0 radical (unpaired) electrons. The summed E-state index contributed by atoms with van der Waals surface area (Å²) in [5.41, 5.74) is 8.49. The first-order valence-electron chi connectivity index (χ1n) is 18.8. The summed E-state index contributed by atoms with van der Waals surface area (Å²) in [6, 6.07) is 40.4. The Morgan fingerprint density at radius 2 is 1.08 bits per heavy atom. The van der Waals surface area contributed by atoms with Gasteiger partial charge in [0.05, 0.1) is 29.6 Å². The zero-order valence-electron chi connectivity index (χ0n) is 32.5. The predicted molar refractivity (Wildman–Crippen MR) is 208 cm³/mol. The highest BCUT2D eigenvalue weighted by Gasteiger charge is 2.18. The fourth-order valence-electron chi connectivity index (χ4n) is 6.64. The van der Waals surface area contributed by atoms with E-state index in [0.29, 0.717) is 11.4 Å². The molecule has 0 bridgehead atoms. The molecule has 5 heteroatoms. The number of aromatic nitrogens is 2. The molecule has 0 aliphatic rings. The molecular formula is C45H34N4O. The van der Waals surface area contributed by atoms with E-state index in [9.17, 15) is 4.79 Å². The number of hydrogen-bond acceptors (Lipinski definition) is 4. The van der Waals surface area contributed by atoms with Gasteiger partial charge in [-0.25, -0.2) is 9.97 Å². The number of fused-ring (bicyclic) bond motifs is 2. The second-order valence-corrected chi connectivity index (χ2v) is 11.9. The van der Waals surface area contributed by atoms with Crippen LogP contribution in [-0.4, -0.2) is 30.5 Å². The molecule has 50 heavy (non-hydrogen) atoms. The van der Waals surface area contributed by atoms with E-state index in [1.807, 2.05) is 85.9 Å². The number of carbonyl (C=O) groups excluding carboxylic acids is 1. The fourth-order valence-corrected chi connectivity index (χ4v) is 6.64. The van der Waals surface area contributed by atoms with E-state index in [-0.39, 0.29) is 23.5 Å². The topological polar surface area (TPSA) is 58.1 Å². The molecule has 1 heterocycles. The minimum absolute atomic E-state index is 0.0491. The lowest BCUT2D eigenvalue weighted by molar-refractivity contribution is -0.107. The number of carbonyl (C=O) groups is 1. The molecule has 1 N–H and O–H groups in total. The Labute approximate surface area is 298 Å². The average molecular weight is 652 g/mol. The largest absolute Gasteiger partial charge is 0.386 e. The van der Waals surface area contributed by atoms with Crippen LogP contribution in [0.1, 0.15) is 6.85 Å². The molecule has 1 amide bonds. The van der Waals surface area contributed by atoms with Crippen LogP contribution in [0, 0.1) is 0 Å². The van der Waals surface area contributed by atoms with Gasteiger partial charge in [0.1, 0.15) is 0 Å². The number of nitrogens with one attached hydrogen (secondary N) is 1. The maximum atomic E-state index is 11.6. The van der Waals surface area contributed by atoms with E-state index in [1.54, 1.807) is 11.9 Å². The van der Waals surface area contributed by atoms with Crippen LogP contribution < -0.4 is 10.2 Å². The summed E-state index contributed by atoms with van der Waals surface area (Å²) >= 11 is 0. The first-order valence-corrected chi connectivity index (χ1v) is 16.3. The van der Waals surface area contributed by atoms with Gasteiger partial charge in [0.15, 0.2) is 5.82 Å². The summed E-state index contributed by atoms with van der Waals surface area (Å²) in [4.78, 5) is 22.7. The molecule has 0 atom stereocenters. The van der Waals surface area contributed by atoms with Crippen LogP contribution >= 0.6 is 0 Å². The Morgan fingerprint density at radius 3 is 1.64 bits per heavy atom. The van der Waals surface area contributed by atoms with Crippen LogP contribution in [0.5, 0.6) is 0 Å². The third-order valence-electron chi connectivity index (χ3n) is 9.01. The van der Waals surface area contributed by atoms with E-state index in [1.165, 1.54) is 0 Å². The molecule has 240 valence electrons. The van der Waals surface area contributed by atoms with Crippen molar-refractivity contribution in [1.82, 2.24) is 9.97 Å². The summed E-state index contributed by atoms with van der Waals surface area (Å²) in [5.74, 6) is 0.0530. The Hall–Kier alpha value is -6.59. The van der Waals surface area contributed by atoms with Gasteiger partial charge in [-0.3, -0.25) is 4.79 Å². The summed E-state index contributed by atoms with van der Waals surface area (Å²) in [6.07, 6.45) is 0.799. The Balaban J connectivity index is 1.30. The van der Waals surface area contributed by atoms with Crippen molar-refractivity contribution in [3.05, 3.63) is 158 Å². The number of nitrogens with zero attached hydrogens (tertiary/aromatic N) is 3. The maximum Gasteiger partial charge on any atom is 0.213 e. The van der Waals surface area contributed by atoms with Gasteiger partial charge in [-0.05, 0) is 62.0 Å². The lowest BCUT2D eigenvalue weighted by Gasteiger charge is -2.20. The lowest BCUT2D eigenvalue weighted by Crippen LogP contribution is -2.15. The van der Waals surface area contributed by atoms with E-state index in [0.717, 1.165) is 72.7 Å². The minimum atomic E-state index is -0.468. The molecule has 7 aromatic carbocycles. The first-order chi connectivity index (χ1) is 26.7. The van der Waals surface area contributed by atoms with Crippen molar-refractivity contribution < 1.29 is 11.6 Å². The standard InChI is InChI=1S/C45H34N4O/c1-46-41-27-34(25-26-42(41)49(2)29-50)44-37-19-11-9-17-35(37)43(36-18-10-12-20-38(36)44)32-23-21-31(22-24-32)40-28-39(30-13-5-3-6-14-30)47-45(48-40)33-15-7-4-8-16-33/h3-29,46H,1-2H3/i4D,7D,8D,15D,16D. The highest BCUT2D eigenvalue weighted by Crippen LogP contribution is 2.45. The second-order valence-electron chi connectivity index (χ2n) is 11.9. The molecule has 0 unspecified atom stereocenters. The van der Waals surface area contributed by atoms with Crippen LogP contribution in [0.25, 0.3) is 77.7 Å². The Morgan fingerprint density at radius 1 is 0.580 bits per heavy atom. The highest BCUT2D eigenvalue weighted by molar-refractivity contribution is 6.21. The van der Waals surface area contributed by atoms with Crippen LogP contribution in [0.4, 0.5) is 11.4 Å². The van der Waals surface area contributed by atoms with Gasteiger partial charge < -0.3 is 10.2 Å². The fraction of sp³-hybridized carbons (Fsp3) is 0.0444. The lowest BCUT2D eigenvalue weighted by atomic mass is 9.85. The molecule has 0 aliphatic heterocycles. The van der Waals surface area contributed by atoms with Crippen LogP contribution in [0.15, 0.2) is 158 Å². The van der Waals surface area contributed by atoms with Crippen molar-refractivity contribution in [2.45, 2.75) is 0 Å². The molecule has 0 aliphatic carbocycles. The quantitative estimate of drug-likeness (QED) is 0.131. The first kappa shape index (κ1) is 25.4. The molecule has 0 fully saturated rings. The van der Waals surface area contributed by atoms with Crippen molar-refractivity contribution in [2.75, 3.05) is 24.3 Å². The normalized spacial score (nSPS) is 12.5. The summed E-state index contributed by atoms with van der Waals surface area (Å²) in [7, 11) is 3.59. The summed E-state index contributed by atoms with van der Waals surface area (Å²) < 4.78 is 41.9. The van der Waals surface area contributed by atoms with Gasteiger partial charge in [0.2, 0.25) is 6.41 Å². The third kappa shape index (κ3) is 5.55. The predicted octanol–water partition coefficient (Wildman–Crippen LogP) is 10.8. The molecule has 1 aromatic heterocycles. The highest BCUT2D eigenvalue weighted by atomic mass is 16.1. The molecule has 5 nitrogen and oxygen atoms in total. The van der Waals surface area contributed by atoms with Crippen LogP contribution in [0.2, 0.25) is 0 Å². The van der Waals surface area contributed by atoms with Gasteiger partial charge in [-0.1, -0.05) is 139 Å². The van der Waals surface area contributed by atoms with E-state index < -0.39 is 18.1 Å². The van der Waals surface area contributed by atoms with Crippen molar-refractivity contribution in [2.24, 2.45) is 0 Å². The van der Waals surface area contributed by atoms with Crippen molar-refractivity contribution in [3.63, 3.8) is 0 Å². The summed E-state index contributed by atoms with van der Waals surface area (Å²) in [5, 5.41) is 7.60. The number of hydrogen-bond donors (Lipinski definition) is 1. The Bertz CT molecular complexity index is 2710. The van der Waals surface area contributed by atoms with E-state index >= 15 is 0 Å². The van der Waals surface area contributed by atoms with Crippen LogP contribution in [-0.2, 0) is 4.79 Å². The van der Waals surface area contributed by atoms with Gasteiger partial charge in [-0.2, -0.15) is 0 Å². The zero-order chi connectivity index (χ0) is 38.4. The van der Waals surface area contributed by atoms with Crippen molar-refractivity contribution in [1.29, 1.82) is 0 Å². The van der Waals surface area contributed by atoms with Crippen LogP contribution in [0.3, 0.4) is 0 Å². The number of benzene rings is 7. The number of amides is 1. The molecule has 0 spiro atoms. The van der Waals surface area contributed by atoms with Gasteiger partial charge in [-0.15, -0.1) is 0 Å². The summed E-state index contributed by atoms with van der Waals surface area (Å²) in [6.45, 7) is 0. The Kier molecular flexibility index (Phi) is 6.68. The molecular weight excluding hydrogens is 613 g/mol. The smallest absolute Gasteiger partial charge is 0.213 e. The van der Waals surface area contributed by atoms with Gasteiger partial charge in [0.25, 0.3) is 0 Å². The van der Waals surface area contributed by atoms with Gasteiger partial charge in [0, 0.05) is 30.8 Å². The SMILES string of the molecule is [2H]c1c([2H])c([2H])c(-c2nc(-c3ccccc3)cc(-c3ccc(-c4c5ccccc5c(-c5ccc(N(C)C=O)c(NC)c5)c5ccccc45)cc3)n2)c([2H])c1[2H]. The average Bonchev–Trinajstić information content (AvgIpc) is 3.24. The number of anilines is 2.